The zero-order valence-corrected chi connectivity index (χ0v) is 13.7. The fourth-order valence-electron chi connectivity index (χ4n) is 2.75. The maximum Gasteiger partial charge on any atom is 0.417 e. The van der Waals surface area contributed by atoms with Crippen LogP contribution in [-0.4, -0.2) is 23.5 Å². The van der Waals surface area contributed by atoms with Crippen LogP contribution in [0, 0.1) is 5.82 Å². The van der Waals surface area contributed by atoms with Crippen LogP contribution < -0.4 is 0 Å². The summed E-state index contributed by atoms with van der Waals surface area (Å²) in [6, 6.07) is 10.1. The van der Waals surface area contributed by atoms with Crippen LogP contribution in [0.15, 0.2) is 54.6 Å². The van der Waals surface area contributed by atoms with Gasteiger partial charge in [-0.25, -0.2) is 14.1 Å². The maximum atomic E-state index is 13.2. The molecule has 1 atom stereocenters. The minimum Gasteiger partial charge on any atom is -0.446 e. The molecule has 4 nitrogen and oxygen atoms in total. The first-order valence-corrected chi connectivity index (χ1v) is 7.87. The molecule has 1 aliphatic rings. The molecule has 1 unspecified atom stereocenters. The molecule has 140 valence electrons. The summed E-state index contributed by atoms with van der Waals surface area (Å²) < 4.78 is 57.1. The van der Waals surface area contributed by atoms with Crippen molar-refractivity contribution in [2.24, 2.45) is 0 Å². The Bertz CT molecular complexity index is 894. The predicted molar refractivity (Wildman–Crippen MR) is 87.8 cm³/mol. The van der Waals surface area contributed by atoms with Gasteiger partial charge in [0.1, 0.15) is 18.5 Å². The number of nitrogens with zero attached hydrogens (tertiary/aromatic N) is 1. The zero-order chi connectivity index (χ0) is 19.6. The van der Waals surface area contributed by atoms with Crippen LogP contribution in [0.4, 0.5) is 22.4 Å². The van der Waals surface area contributed by atoms with E-state index in [1.807, 2.05) is 0 Å². The Morgan fingerprint density at radius 3 is 2.52 bits per heavy atom. The van der Waals surface area contributed by atoms with Gasteiger partial charge in [-0.05, 0) is 29.3 Å². The normalized spacial score (nSPS) is 17.4. The smallest absolute Gasteiger partial charge is 0.417 e. The second kappa shape index (κ2) is 7.22. The first-order chi connectivity index (χ1) is 12.8. The molecule has 1 fully saturated rings. The molecule has 0 saturated carbocycles. The lowest BCUT2D eigenvalue weighted by molar-refractivity contribution is -0.138. The highest BCUT2D eigenvalue weighted by Crippen LogP contribution is 2.33. The third kappa shape index (κ3) is 3.99. The average Bonchev–Trinajstić information content (AvgIpc) is 3.02. The number of cyclic esters (lactones) is 1. The van der Waals surface area contributed by atoms with Crippen molar-refractivity contribution in [1.29, 1.82) is 0 Å². The third-order valence-corrected chi connectivity index (χ3v) is 4.02. The molecule has 2 aromatic rings. The number of carbonyl (C=O) groups is 2. The van der Waals surface area contributed by atoms with Gasteiger partial charge >= 0.3 is 12.3 Å². The van der Waals surface area contributed by atoms with Crippen LogP contribution in [0.5, 0.6) is 0 Å². The highest BCUT2D eigenvalue weighted by Gasteiger charge is 2.38. The van der Waals surface area contributed by atoms with Gasteiger partial charge in [-0.1, -0.05) is 36.4 Å². The van der Waals surface area contributed by atoms with E-state index in [4.69, 9.17) is 4.74 Å². The third-order valence-electron chi connectivity index (χ3n) is 4.02. The SMILES string of the molecule is O=C(/C=C/c1ccc(F)cc1C(F)(F)F)N1C(=O)OCC1c1ccccc1. The van der Waals surface area contributed by atoms with Gasteiger partial charge < -0.3 is 4.74 Å². The first-order valence-electron chi connectivity index (χ1n) is 7.87. The summed E-state index contributed by atoms with van der Waals surface area (Å²) in [6.45, 7) is -0.0488. The van der Waals surface area contributed by atoms with Crippen LogP contribution in [-0.2, 0) is 15.7 Å². The van der Waals surface area contributed by atoms with E-state index in [2.05, 4.69) is 0 Å². The van der Waals surface area contributed by atoms with Crippen molar-refractivity contribution in [2.45, 2.75) is 12.2 Å². The molecule has 2 aromatic carbocycles. The molecule has 0 aliphatic carbocycles. The summed E-state index contributed by atoms with van der Waals surface area (Å²) in [7, 11) is 0. The molecular formula is C19H13F4NO3. The molecule has 1 heterocycles. The minimum atomic E-state index is -4.79. The lowest BCUT2D eigenvalue weighted by Crippen LogP contribution is -2.32. The summed E-state index contributed by atoms with van der Waals surface area (Å²) in [5.74, 6) is -1.87. The summed E-state index contributed by atoms with van der Waals surface area (Å²) in [5, 5.41) is 0. The van der Waals surface area contributed by atoms with Gasteiger partial charge in [0.2, 0.25) is 0 Å². The topological polar surface area (TPSA) is 46.6 Å². The van der Waals surface area contributed by atoms with E-state index in [1.54, 1.807) is 30.3 Å². The van der Waals surface area contributed by atoms with Crippen LogP contribution in [0.3, 0.4) is 0 Å². The van der Waals surface area contributed by atoms with Crippen LogP contribution >= 0.6 is 0 Å². The monoisotopic (exact) mass is 379 g/mol. The van der Waals surface area contributed by atoms with Crippen molar-refractivity contribution in [3.8, 4) is 0 Å². The van der Waals surface area contributed by atoms with E-state index in [0.29, 0.717) is 11.6 Å². The van der Waals surface area contributed by atoms with E-state index in [0.717, 1.165) is 29.2 Å². The summed E-state index contributed by atoms with van der Waals surface area (Å²) in [5.41, 5.74) is -0.945. The summed E-state index contributed by atoms with van der Waals surface area (Å²) in [4.78, 5) is 25.2. The Balaban J connectivity index is 1.87. The quantitative estimate of drug-likeness (QED) is 0.579. The van der Waals surface area contributed by atoms with E-state index >= 15 is 0 Å². The molecule has 0 radical (unpaired) electrons. The maximum absolute atomic E-state index is 13.2. The summed E-state index contributed by atoms with van der Waals surface area (Å²) >= 11 is 0. The van der Waals surface area contributed by atoms with Crippen molar-refractivity contribution in [3.63, 3.8) is 0 Å². The zero-order valence-electron chi connectivity index (χ0n) is 13.7. The first kappa shape index (κ1) is 18.6. The van der Waals surface area contributed by atoms with E-state index in [1.165, 1.54) is 0 Å². The van der Waals surface area contributed by atoms with Crippen LogP contribution in [0.2, 0.25) is 0 Å². The van der Waals surface area contributed by atoms with Crippen molar-refractivity contribution >= 4 is 18.1 Å². The molecule has 3 rings (SSSR count). The number of hydrogen-bond donors (Lipinski definition) is 0. The minimum absolute atomic E-state index is 0.0488. The highest BCUT2D eigenvalue weighted by atomic mass is 19.4. The fourth-order valence-corrected chi connectivity index (χ4v) is 2.75. The van der Waals surface area contributed by atoms with Gasteiger partial charge in [-0.2, -0.15) is 13.2 Å². The van der Waals surface area contributed by atoms with Crippen molar-refractivity contribution < 1.29 is 31.9 Å². The average molecular weight is 379 g/mol. The number of carbonyl (C=O) groups excluding carboxylic acids is 2. The molecule has 2 amide bonds. The van der Waals surface area contributed by atoms with Gasteiger partial charge in [-0.15, -0.1) is 0 Å². The molecule has 0 spiro atoms. The lowest BCUT2D eigenvalue weighted by atomic mass is 10.1. The van der Waals surface area contributed by atoms with Crippen molar-refractivity contribution in [2.75, 3.05) is 6.61 Å². The molecule has 0 aromatic heterocycles. The fraction of sp³-hybridized carbons (Fsp3) is 0.158. The van der Waals surface area contributed by atoms with Gasteiger partial charge in [0, 0.05) is 6.08 Å². The molecular weight excluding hydrogens is 366 g/mol. The second-order valence-electron chi connectivity index (χ2n) is 5.77. The molecule has 27 heavy (non-hydrogen) atoms. The second-order valence-corrected chi connectivity index (χ2v) is 5.77. The Labute approximate surface area is 151 Å². The Morgan fingerprint density at radius 1 is 1.15 bits per heavy atom. The Morgan fingerprint density at radius 2 is 1.85 bits per heavy atom. The number of benzene rings is 2. The number of hydrogen-bond acceptors (Lipinski definition) is 3. The van der Waals surface area contributed by atoms with Gasteiger partial charge in [0.15, 0.2) is 0 Å². The van der Waals surface area contributed by atoms with Gasteiger partial charge in [-0.3, -0.25) is 4.79 Å². The number of alkyl halides is 3. The van der Waals surface area contributed by atoms with Gasteiger partial charge in [0.25, 0.3) is 5.91 Å². The van der Waals surface area contributed by atoms with E-state index in [9.17, 15) is 27.2 Å². The van der Waals surface area contributed by atoms with Crippen LogP contribution in [0.1, 0.15) is 22.7 Å². The number of rotatable bonds is 3. The molecule has 0 bridgehead atoms. The standard InChI is InChI=1S/C19H13F4NO3/c20-14-8-6-12(15(10-14)19(21,22)23)7-9-17(25)24-16(11-27-18(24)26)13-4-2-1-3-5-13/h1-10,16H,11H2/b9-7+. The number of imide groups is 1. The van der Waals surface area contributed by atoms with Crippen molar-refractivity contribution in [3.05, 3.63) is 77.1 Å². The van der Waals surface area contributed by atoms with E-state index < -0.39 is 35.6 Å². The largest absolute Gasteiger partial charge is 0.446 e. The van der Waals surface area contributed by atoms with Crippen molar-refractivity contribution in [1.82, 2.24) is 4.90 Å². The predicted octanol–water partition coefficient (Wildman–Crippen LogP) is 4.58. The Hall–Kier alpha value is -3.16. The molecule has 1 aliphatic heterocycles. The van der Waals surface area contributed by atoms with E-state index in [-0.39, 0.29) is 12.2 Å². The lowest BCUT2D eigenvalue weighted by Gasteiger charge is -2.18. The van der Waals surface area contributed by atoms with Crippen LogP contribution in [0.25, 0.3) is 6.08 Å². The molecule has 8 heteroatoms. The highest BCUT2D eigenvalue weighted by molar-refractivity contribution is 6.02. The van der Waals surface area contributed by atoms with Gasteiger partial charge in [0.05, 0.1) is 5.56 Å². The Kier molecular flexibility index (Phi) is 4.98. The molecule has 0 N–H and O–H groups in total. The number of amides is 2. The summed E-state index contributed by atoms with van der Waals surface area (Å²) in [6.07, 6.45) is -3.93. The number of halogens is 4. The number of ether oxygens (including phenoxy) is 1. The molecule has 1 saturated heterocycles.